The normalized spacial score (nSPS) is 14.4. The molecule has 0 radical (unpaired) electrons. The zero-order valence-electron chi connectivity index (χ0n) is 8.88. The number of aliphatic hydroxyl groups excluding tert-OH is 2. The summed E-state index contributed by atoms with van der Waals surface area (Å²) in [6.45, 7) is 0. The average Bonchev–Trinajstić information content (AvgIpc) is 2.28. The number of rotatable bonds is 5. The molecule has 1 aromatic rings. The van der Waals surface area contributed by atoms with E-state index in [0.29, 0.717) is 5.75 Å². The number of benzene rings is 1. The third-order valence-electron chi connectivity index (χ3n) is 2.37. The monoisotopic (exact) mass is 260 g/mol. The Morgan fingerprint density at radius 3 is 2.59 bits per heavy atom. The summed E-state index contributed by atoms with van der Waals surface area (Å²) < 4.78 is 13.7. The molecule has 0 aromatic heterocycles. The van der Waals surface area contributed by atoms with Gasteiger partial charge in [0.25, 0.3) is 0 Å². The average molecular weight is 260 g/mol. The molecular formula is C11H13FO4S. The molecule has 0 amide bonds. The first-order valence-electron chi connectivity index (χ1n) is 4.97. The molecule has 1 rings (SSSR count). The van der Waals surface area contributed by atoms with Gasteiger partial charge in [-0.05, 0) is 18.2 Å². The largest absolute Gasteiger partial charge is 0.478 e. The first kappa shape index (κ1) is 14.0. The third kappa shape index (κ3) is 3.18. The lowest BCUT2D eigenvalue weighted by Crippen LogP contribution is -2.20. The van der Waals surface area contributed by atoms with Crippen molar-refractivity contribution in [3.8, 4) is 0 Å². The molecule has 94 valence electrons. The lowest BCUT2D eigenvalue weighted by atomic mass is 9.99. The van der Waals surface area contributed by atoms with Gasteiger partial charge in [-0.1, -0.05) is 12.1 Å². The van der Waals surface area contributed by atoms with Crippen molar-refractivity contribution in [2.45, 2.75) is 18.6 Å². The van der Waals surface area contributed by atoms with Crippen LogP contribution in [-0.4, -0.2) is 33.1 Å². The van der Waals surface area contributed by atoms with Gasteiger partial charge in [-0.3, -0.25) is 0 Å². The highest BCUT2D eigenvalue weighted by Crippen LogP contribution is 2.24. The van der Waals surface area contributed by atoms with Gasteiger partial charge < -0.3 is 15.3 Å². The summed E-state index contributed by atoms with van der Waals surface area (Å²) in [6, 6.07) is 3.66. The summed E-state index contributed by atoms with van der Waals surface area (Å²) in [7, 11) is 0. The third-order valence-corrected chi connectivity index (χ3v) is 2.63. The van der Waals surface area contributed by atoms with Crippen molar-refractivity contribution in [2.24, 2.45) is 0 Å². The highest BCUT2D eigenvalue weighted by Gasteiger charge is 2.23. The number of halogens is 1. The van der Waals surface area contributed by atoms with E-state index in [1.807, 2.05) is 0 Å². The molecule has 2 atom stereocenters. The van der Waals surface area contributed by atoms with E-state index in [2.05, 4.69) is 12.6 Å². The first-order valence-corrected chi connectivity index (χ1v) is 5.61. The van der Waals surface area contributed by atoms with Gasteiger partial charge in [-0.25, -0.2) is 9.18 Å². The molecular weight excluding hydrogens is 247 g/mol. The van der Waals surface area contributed by atoms with Crippen LogP contribution in [0.15, 0.2) is 18.2 Å². The summed E-state index contributed by atoms with van der Waals surface area (Å²) in [5.74, 6) is -2.11. The molecule has 0 aliphatic carbocycles. The zero-order valence-corrected chi connectivity index (χ0v) is 9.77. The second-order valence-electron chi connectivity index (χ2n) is 3.54. The highest BCUT2D eigenvalue weighted by atomic mass is 32.1. The second kappa shape index (κ2) is 6.00. The van der Waals surface area contributed by atoms with Crippen molar-refractivity contribution in [3.05, 3.63) is 35.1 Å². The first-order chi connectivity index (χ1) is 7.99. The van der Waals surface area contributed by atoms with Crippen LogP contribution in [0.1, 0.15) is 28.4 Å². The minimum absolute atomic E-state index is 0.182. The molecule has 6 heteroatoms. The summed E-state index contributed by atoms with van der Waals surface area (Å²) in [6.07, 6.45) is -2.45. The molecule has 0 saturated carbocycles. The van der Waals surface area contributed by atoms with Gasteiger partial charge in [-0.2, -0.15) is 12.6 Å². The topological polar surface area (TPSA) is 77.8 Å². The molecule has 0 spiro atoms. The molecule has 17 heavy (non-hydrogen) atoms. The SMILES string of the molecule is O=C(O)c1cccc(C(O)C(O)CCS)c1F. The van der Waals surface area contributed by atoms with E-state index >= 15 is 0 Å². The Balaban J connectivity index is 3.06. The van der Waals surface area contributed by atoms with Crippen molar-refractivity contribution >= 4 is 18.6 Å². The fourth-order valence-electron chi connectivity index (χ4n) is 1.44. The Morgan fingerprint density at radius 1 is 1.41 bits per heavy atom. The predicted octanol–water partition coefficient (Wildman–Crippen LogP) is 1.24. The quantitative estimate of drug-likeness (QED) is 0.601. The maximum atomic E-state index is 13.7. The number of thiol groups is 1. The van der Waals surface area contributed by atoms with E-state index in [1.54, 1.807) is 0 Å². The van der Waals surface area contributed by atoms with E-state index in [-0.39, 0.29) is 12.0 Å². The summed E-state index contributed by atoms with van der Waals surface area (Å²) >= 11 is 3.89. The van der Waals surface area contributed by atoms with Crippen LogP contribution in [0.2, 0.25) is 0 Å². The van der Waals surface area contributed by atoms with Gasteiger partial charge in [-0.15, -0.1) is 0 Å². The molecule has 3 N–H and O–H groups in total. The van der Waals surface area contributed by atoms with Crippen LogP contribution in [0.4, 0.5) is 4.39 Å². The Morgan fingerprint density at radius 2 is 2.06 bits per heavy atom. The van der Waals surface area contributed by atoms with E-state index < -0.39 is 29.6 Å². The van der Waals surface area contributed by atoms with Crippen molar-refractivity contribution in [1.82, 2.24) is 0 Å². The maximum absolute atomic E-state index is 13.7. The van der Waals surface area contributed by atoms with E-state index in [4.69, 9.17) is 5.11 Å². The Labute approximate surface area is 103 Å². The number of aliphatic hydroxyl groups is 2. The minimum Gasteiger partial charge on any atom is -0.478 e. The van der Waals surface area contributed by atoms with Crippen LogP contribution in [0, 0.1) is 5.82 Å². The lowest BCUT2D eigenvalue weighted by molar-refractivity contribution is 0.0150. The Bertz CT molecular complexity index is 410. The Kier molecular flexibility index (Phi) is 4.92. The van der Waals surface area contributed by atoms with Gasteiger partial charge in [0.15, 0.2) is 0 Å². The Hall–Kier alpha value is -1.11. The van der Waals surface area contributed by atoms with Gasteiger partial charge in [0, 0.05) is 5.56 Å². The summed E-state index contributed by atoms with van der Waals surface area (Å²) in [5, 5.41) is 27.9. The minimum atomic E-state index is -1.46. The molecule has 4 nitrogen and oxygen atoms in total. The maximum Gasteiger partial charge on any atom is 0.338 e. The fraction of sp³-hybridized carbons (Fsp3) is 0.364. The number of hydrogen-bond acceptors (Lipinski definition) is 4. The van der Waals surface area contributed by atoms with Gasteiger partial charge in [0.05, 0.1) is 11.7 Å². The van der Waals surface area contributed by atoms with Crippen molar-refractivity contribution < 1.29 is 24.5 Å². The predicted molar refractivity (Wildman–Crippen MR) is 62.8 cm³/mol. The van der Waals surface area contributed by atoms with E-state index in [1.165, 1.54) is 12.1 Å². The lowest BCUT2D eigenvalue weighted by Gasteiger charge is -2.18. The van der Waals surface area contributed by atoms with Crippen LogP contribution < -0.4 is 0 Å². The number of hydrogen-bond donors (Lipinski definition) is 4. The molecule has 0 aliphatic rings. The van der Waals surface area contributed by atoms with Gasteiger partial charge in [0.2, 0.25) is 0 Å². The fourth-order valence-corrected chi connectivity index (χ4v) is 1.71. The van der Waals surface area contributed by atoms with Crippen LogP contribution in [0.5, 0.6) is 0 Å². The molecule has 0 saturated heterocycles. The van der Waals surface area contributed by atoms with Crippen LogP contribution in [0.25, 0.3) is 0 Å². The molecule has 0 bridgehead atoms. The number of carboxylic acids is 1. The molecule has 0 heterocycles. The number of aromatic carboxylic acids is 1. The summed E-state index contributed by atoms with van der Waals surface area (Å²) in [5.41, 5.74) is -0.751. The molecule has 1 aromatic carbocycles. The second-order valence-corrected chi connectivity index (χ2v) is 3.99. The van der Waals surface area contributed by atoms with Crippen molar-refractivity contribution in [1.29, 1.82) is 0 Å². The van der Waals surface area contributed by atoms with Crippen molar-refractivity contribution in [2.75, 3.05) is 5.75 Å². The molecule has 0 aliphatic heterocycles. The van der Waals surface area contributed by atoms with E-state index in [9.17, 15) is 19.4 Å². The molecule has 0 fully saturated rings. The standard InChI is InChI=1S/C11H13FO4S/c12-9-6(10(14)8(13)4-5-17)2-1-3-7(9)11(15)16/h1-3,8,10,13-14,17H,4-5H2,(H,15,16). The van der Waals surface area contributed by atoms with Gasteiger partial charge in [0.1, 0.15) is 11.9 Å². The van der Waals surface area contributed by atoms with Gasteiger partial charge >= 0.3 is 5.97 Å². The van der Waals surface area contributed by atoms with Crippen molar-refractivity contribution in [3.63, 3.8) is 0 Å². The van der Waals surface area contributed by atoms with Crippen LogP contribution >= 0.6 is 12.6 Å². The molecule has 2 unspecified atom stereocenters. The summed E-state index contributed by atoms with van der Waals surface area (Å²) in [4.78, 5) is 10.7. The van der Waals surface area contributed by atoms with E-state index in [0.717, 1.165) is 6.07 Å². The number of carbonyl (C=O) groups is 1. The smallest absolute Gasteiger partial charge is 0.338 e. The number of carboxylic acid groups (broad SMARTS) is 1. The van der Waals surface area contributed by atoms with Crippen LogP contribution in [0.3, 0.4) is 0 Å². The van der Waals surface area contributed by atoms with Crippen LogP contribution in [-0.2, 0) is 0 Å². The zero-order chi connectivity index (χ0) is 13.0. The highest BCUT2D eigenvalue weighted by molar-refractivity contribution is 7.80.